The Morgan fingerprint density at radius 2 is 1.83 bits per heavy atom. The van der Waals surface area contributed by atoms with Gasteiger partial charge in [-0.1, -0.05) is 0 Å². The van der Waals surface area contributed by atoms with E-state index in [2.05, 4.69) is 10.4 Å². The van der Waals surface area contributed by atoms with Gasteiger partial charge < -0.3 is 10.2 Å². The SMILES string of the molecule is CN(CC(=O)NC(C)(C)C)C(=O)c1ccn(-c2ccc(F)cc2)n1. The highest BCUT2D eigenvalue weighted by Crippen LogP contribution is 2.10. The standard InChI is InChI=1S/C17H21FN4O2/c1-17(2,3)19-15(23)11-21(4)16(24)14-9-10-22(20-14)13-7-5-12(18)6-8-13/h5-10H,11H2,1-4H3,(H,19,23). The van der Waals surface area contributed by atoms with Crippen LogP contribution in [0.4, 0.5) is 4.39 Å². The Kier molecular flexibility index (Phi) is 5.02. The predicted molar refractivity (Wildman–Crippen MR) is 88.4 cm³/mol. The third kappa shape index (κ3) is 4.65. The molecule has 24 heavy (non-hydrogen) atoms. The number of hydrogen-bond donors (Lipinski definition) is 1. The van der Waals surface area contributed by atoms with Crippen molar-refractivity contribution in [3.8, 4) is 5.69 Å². The molecule has 1 N–H and O–H groups in total. The molecule has 0 spiro atoms. The molecule has 7 heteroatoms. The molecule has 0 bridgehead atoms. The summed E-state index contributed by atoms with van der Waals surface area (Å²) in [6, 6.07) is 7.33. The molecule has 0 unspecified atom stereocenters. The van der Waals surface area contributed by atoms with Crippen LogP contribution in [0.5, 0.6) is 0 Å². The third-order valence-corrected chi connectivity index (χ3v) is 3.14. The van der Waals surface area contributed by atoms with Crippen LogP contribution in [-0.2, 0) is 4.79 Å². The number of carbonyl (C=O) groups excluding carboxylic acids is 2. The smallest absolute Gasteiger partial charge is 0.274 e. The summed E-state index contributed by atoms with van der Waals surface area (Å²) in [5, 5.41) is 6.98. The highest BCUT2D eigenvalue weighted by atomic mass is 19.1. The minimum atomic E-state index is -0.361. The molecule has 2 aromatic rings. The summed E-state index contributed by atoms with van der Waals surface area (Å²) in [5.74, 6) is -0.942. The lowest BCUT2D eigenvalue weighted by atomic mass is 10.1. The highest BCUT2D eigenvalue weighted by molar-refractivity contribution is 5.94. The fourth-order valence-corrected chi connectivity index (χ4v) is 2.12. The zero-order valence-electron chi connectivity index (χ0n) is 14.2. The molecule has 0 aliphatic heterocycles. The fraction of sp³-hybridized carbons (Fsp3) is 0.353. The van der Waals surface area contributed by atoms with Crippen LogP contribution >= 0.6 is 0 Å². The largest absolute Gasteiger partial charge is 0.350 e. The van der Waals surface area contributed by atoms with Crippen molar-refractivity contribution in [1.29, 1.82) is 0 Å². The van der Waals surface area contributed by atoms with E-state index in [1.807, 2.05) is 20.8 Å². The summed E-state index contributed by atoms with van der Waals surface area (Å²) >= 11 is 0. The molecule has 1 aromatic heterocycles. The van der Waals surface area contributed by atoms with Gasteiger partial charge in [0.05, 0.1) is 12.2 Å². The van der Waals surface area contributed by atoms with E-state index in [1.54, 1.807) is 31.4 Å². The van der Waals surface area contributed by atoms with Gasteiger partial charge in [-0.3, -0.25) is 9.59 Å². The fourth-order valence-electron chi connectivity index (χ4n) is 2.12. The minimum absolute atomic E-state index is 0.0560. The van der Waals surface area contributed by atoms with Gasteiger partial charge in [0.15, 0.2) is 5.69 Å². The summed E-state index contributed by atoms with van der Waals surface area (Å²) in [6.07, 6.45) is 1.61. The Morgan fingerprint density at radius 1 is 1.21 bits per heavy atom. The van der Waals surface area contributed by atoms with Gasteiger partial charge in [0.1, 0.15) is 5.82 Å². The van der Waals surface area contributed by atoms with E-state index in [4.69, 9.17) is 0 Å². The van der Waals surface area contributed by atoms with Crippen molar-refractivity contribution >= 4 is 11.8 Å². The molecule has 128 valence electrons. The van der Waals surface area contributed by atoms with E-state index in [0.717, 1.165) is 0 Å². The van der Waals surface area contributed by atoms with Gasteiger partial charge in [-0.2, -0.15) is 5.10 Å². The second kappa shape index (κ2) is 6.82. The topological polar surface area (TPSA) is 67.2 Å². The number of carbonyl (C=O) groups is 2. The van der Waals surface area contributed by atoms with Crippen LogP contribution in [-0.4, -0.2) is 45.6 Å². The van der Waals surface area contributed by atoms with Crippen molar-refractivity contribution in [3.05, 3.63) is 48.0 Å². The first kappa shape index (κ1) is 17.7. The van der Waals surface area contributed by atoms with Crippen LogP contribution in [0.1, 0.15) is 31.3 Å². The van der Waals surface area contributed by atoms with Crippen molar-refractivity contribution in [2.24, 2.45) is 0 Å². The maximum absolute atomic E-state index is 13.0. The molecular weight excluding hydrogens is 311 g/mol. The lowest BCUT2D eigenvalue weighted by Crippen LogP contribution is -2.46. The molecule has 0 saturated heterocycles. The van der Waals surface area contributed by atoms with E-state index in [0.29, 0.717) is 5.69 Å². The summed E-state index contributed by atoms with van der Waals surface area (Å²) in [6.45, 7) is 5.56. The minimum Gasteiger partial charge on any atom is -0.350 e. The Morgan fingerprint density at radius 3 is 2.42 bits per heavy atom. The van der Waals surface area contributed by atoms with Gasteiger partial charge in [0, 0.05) is 18.8 Å². The first-order valence-electron chi connectivity index (χ1n) is 7.54. The average molecular weight is 332 g/mol. The first-order chi connectivity index (χ1) is 11.2. The molecule has 0 atom stereocenters. The molecule has 1 aromatic carbocycles. The Labute approximate surface area is 140 Å². The molecule has 2 rings (SSSR count). The number of amides is 2. The normalized spacial score (nSPS) is 11.2. The van der Waals surface area contributed by atoms with Gasteiger partial charge in [0.2, 0.25) is 5.91 Å². The Bertz CT molecular complexity index is 732. The number of rotatable bonds is 4. The van der Waals surface area contributed by atoms with Crippen molar-refractivity contribution < 1.29 is 14.0 Å². The molecule has 1 heterocycles. The highest BCUT2D eigenvalue weighted by Gasteiger charge is 2.20. The zero-order valence-corrected chi connectivity index (χ0v) is 14.2. The van der Waals surface area contributed by atoms with E-state index in [-0.39, 0.29) is 35.4 Å². The Hall–Kier alpha value is -2.70. The zero-order chi connectivity index (χ0) is 17.9. The monoisotopic (exact) mass is 332 g/mol. The maximum Gasteiger partial charge on any atom is 0.274 e. The van der Waals surface area contributed by atoms with Crippen molar-refractivity contribution in [3.63, 3.8) is 0 Å². The van der Waals surface area contributed by atoms with Gasteiger partial charge in [0.25, 0.3) is 5.91 Å². The molecule has 2 amide bonds. The van der Waals surface area contributed by atoms with Gasteiger partial charge >= 0.3 is 0 Å². The van der Waals surface area contributed by atoms with Crippen molar-refractivity contribution in [2.75, 3.05) is 13.6 Å². The second-order valence-corrected chi connectivity index (χ2v) is 6.58. The van der Waals surface area contributed by atoms with Gasteiger partial charge in [-0.25, -0.2) is 9.07 Å². The van der Waals surface area contributed by atoms with Crippen LogP contribution in [0.25, 0.3) is 5.69 Å². The van der Waals surface area contributed by atoms with Gasteiger partial charge in [-0.15, -0.1) is 0 Å². The summed E-state index contributed by atoms with van der Waals surface area (Å²) in [4.78, 5) is 25.6. The number of nitrogens with zero attached hydrogens (tertiary/aromatic N) is 3. The molecule has 6 nitrogen and oxygen atoms in total. The molecule has 0 aliphatic rings. The predicted octanol–water partition coefficient (Wildman–Crippen LogP) is 2.00. The van der Waals surface area contributed by atoms with Crippen molar-refractivity contribution in [1.82, 2.24) is 20.0 Å². The van der Waals surface area contributed by atoms with E-state index in [1.165, 1.54) is 21.7 Å². The number of hydrogen-bond acceptors (Lipinski definition) is 3. The quantitative estimate of drug-likeness (QED) is 0.931. The van der Waals surface area contributed by atoms with Crippen LogP contribution in [0.3, 0.4) is 0 Å². The van der Waals surface area contributed by atoms with Crippen LogP contribution in [0.2, 0.25) is 0 Å². The second-order valence-electron chi connectivity index (χ2n) is 6.58. The number of aromatic nitrogens is 2. The molecular formula is C17H21FN4O2. The summed E-state index contributed by atoms with van der Waals surface area (Å²) < 4.78 is 14.4. The molecule has 0 saturated carbocycles. The average Bonchev–Trinajstić information content (AvgIpc) is 2.94. The van der Waals surface area contributed by atoms with Crippen LogP contribution in [0, 0.1) is 5.82 Å². The van der Waals surface area contributed by atoms with E-state index in [9.17, 15) is 14.0 Å². The number of likely N-dealkylation sites (N-methyl/N-ethyl adjacent to an activating group) is 1. The van der Waals surface area contributed by atoms with Crippen molar-refractivity contribution in [2.45, 2.75) is 26.3 Å². The molecule has 0 radical (unpaired) electrons. The third-order valence-electron chi connectivity index (χ3n) is 3.14. The molecule has 0 aliphatic carbocycles. The van der Waals surface area contributed by atoms with Gasteiger partial charge in [-0.05, 0) is 51.1 Å². The van der Waals surface area contributed by atoms with Crippen LogP contribution < -0.4 is 5.32 Å². The maximum atomic E-state index is 13.0. The Balaban J connectivity index is 2.05. The summed E-state index contributed by atoms with van der Waals surface area (Å²) in [5.41, 5.74) is 0.500. The first-order valence-corrected chi connectivity index (χ1v) is 7.54. The lowest BCUT2D eigenvalue weighted by Gasteiger charge is -2.23. The molecule has 0 fully saturated rings. The number of nitrogens with one attached hydrogen (secondary N) is 1. The number of halogens is 1. The van der Waals surface area contributed by atoms with Crippen LogP contribution in [0.15, 0.2) is 36.5 Å². The van der Waals surface area contributed by atoms with E-state index >= 15 is 0 Å². The number of benzene rings is 1. The summed E-state index contributed by atoms with van der Waals surface area (Å²) in [7, 11) is 1.54. The lowest BCUT2D eigenvalue weighted by molar-refractivity contribution is -0.122. The van der Waals surface area contributed by atoms with E-state index < -0.39 is 0 Å².